The number of hydrogen-bond donors (Lipinski definition) is 0. The van der Waals surface area contributed by atoms with Gasteiger partial charge in [0.25, 0.3) is 0 Å². The molecule has 0 aromatic carbocycles. The number of nitrogens with zero attached hydrogens (tertiary/aromatic N) is 2. The first-order chi connectivity index (χ1) is 6.33. The Hall–Kier alpha value is -2.04. The van der Waals surface area contributed by atoms with E-state index in [1.54, 1.807) is 0 Å². The molecule has 2 rings (SSSR count). The summed E-state index contributed by atoms with van der Waals surface area (Å²) in [5, 5.41) is 0. The van der Waals surface area contributed by atoms with Crippen molar-refractivity contribution in [1.29, 1.82) is 0 Å². The SMILES string of the molecule is O=CC=C1OC(=O)c2ncncc21. The van der Waals surface area contributed by atoms with Gasteiger partial charge in [0.1, 0.15) is 18.4 Å². The Morgan fingerprint density at radius 3 is 3.08 bits per heavy atom. The zero-order valence-corrected chi connectivity index (χ0v) is 6.43. The van der Waals surface area contributed by atoms with Gasteiger partial charge in [0.15, 0.2) is 5.69 Å². The number of cyclic esters (lactones) is 1. The molecule has 64 valence electrons. The Morgan fingerprint density at radius 1 is 1.46 bits per heavy atom. The molecule has 0 saturated heterocycles. The summed E-state index contributed by atoms with van der Waals surface area (Å²) in [6, 6.07) is 0. The van der Waals surface area contributed by atoms with Crippen LogP contribution in [0.4, 0.5) is 0 Å². The van der Waals surface area contributed by atoms with Crippen LogP contribution in [0.2, 0.25) is 0 Å². The van der Waals surface area contributed by atoms with E-state index in [0.717, 1.165) is 6.08 Å². The quantitative estimate of drug-likeness (QED) is 0.347. The molecule has 0 saturated carbocycles. The van der Waals surface area contributed by atoms with Crippen molar-refractivity contribution < 1.29 is 14.3 Å². The molecular weight excluding hydrogens is 172 g/mol. The second kappa shape index (κ2) is 2.78. The van der Waals surface area contributed by atoms with E-state index in [-0.39, 0.29) is 11.5 Å². The molecule has 0 spiro atoms. The standard InChI is InChI=1S/C8H4N2O3/c11-2-1-6-5-3-9-4-10-7(5)8(12)13-6/h1-4H. The highest BCUT2D eigenvalue weighted by Gasteiger charge is 2.27. The Balaban J connectivity index is 2.59. The van der Waals surface area contributed by atoms with E-state index in [9.17, 15) is 9.59 Å². The van der Waals surface area contributed by atoms with Crippen molar-refractivity contribution in [2.75, 3.05) is 0 Å². The molecule has 1 aliphatic rings. The summed E-state index contributed by atoms with van der Waals surface area (Å²) in [6.07, 6.45) is 4.39. The normalized spacial score (nSPS) is 16.9. The van der Waals surface area contributed by atoms with Gasteiger partial charge in [-0.25, -0.2) is 14.8 Å². The Labute approximate surface area is 73.1 Å². The van der Waals surface area contributed by atoms with E-state index in [4.69, 9.17) is 4.74 Å². The summed E-state index contributed by atoms with van der Waals surface area (Å²) < 4.78 is 4.76. The fraction of sp³-hybridized carbons (Fsp3) is 0. The van der Waals surface area contributed by atoms with Crippen LogP contribution in [-0.4, -0.2) is 22.2 Å². The van der Waals surface area contributed by atoms with Crippen molar-refractivity contribution >= 4 is 18.0 Å². The van der Waals surface area contributed by atoms with E-state index in [0.29, 0.717) is 11.8 Å². The van der Waals surface area contributed by atoms with Crippen molar-refractivity contribution in [1.82, 2.24) is 9.97 Å². The highest BCUT2D eigenvalue weighted by molar-refractivity contribution is 6.02. The lowest BCUT2D eigenvalue weighted by Crippen LogP contribution is -1.96. The molecule has 0 amide bonds. The van der Waals surface area contributed by atoms with Crippen LogP contribution in [0, 0.1) is 0 Å². The zero-order chi connectivity index (χ0) is 9.26. The number of fused-ring (bicyclic) bond motifs is 1. The van der Waals surface area contributed by atoms with Crippen molar-refractivity contribution in [2.24, 2.45) is 0 Å². The van der Waals surface area contributed by atoms with Gasteiger partial charge in [-0.15, -0.1) is 0 Å². The summed E-state index contributed by atoms with van der Waals surface area (Å²) in [5.41, 5.74) is 0.655. The molecule has 0 bridgehead atoms. The number of hydrogen-bond acceptors (Lipinski definition) is 5. The van der Waals surface area contributed by atoms with Gasteiger partial charge in [-0.3, -0.25) is 4.79 Å². The molecule has 0 radical (unpaired) electrons. The predicted octanol–water partition coefficient (Wildman–Crippen LogP) is 0.187. The Bertz CT molecular complexity index is 412. The molecule has 0 aliphatic carbocycles. The lowest BCUT2D eigenvalue weighted by molar-refractivity contribution is -0.104. The van der Waals surface area contributed by atoms with Gasteiger partial charge in [0.2, 0.25) is 0 Å². The average molecular weight is 176 g/mol. The molecule has 1 aromatic heterocycles. The second-order valence-electron chi connectivity index (χ2n) is 2.34. The highest BCUT2D eigenvalue weighted by atomic mass is 16.5. The smallest absolute Gasteiger partial charge is 0.363 e. The van der Waals surface area contributed by atoms with Crippen LogP contribution in [0.1, 0.15) is 16.1 Å². The number of rotatable bonds is 1. The molecule has 1 aromatic rings. The number of allylic oxidation sites excluding steroid dienone is 1. The average Bonchev–Trinajstić information content (AvgIpc) is 2.46. The molecule has 0 N–H and O–H groups in total. The summed E-state index contributed by atoms with van der Waals surface area (Å²) >= 11 is 0. The van der Waals surface area contributed by atoms with Gasteiger partial charge in [0, 0.05) is 12.3 Å². The van der Waals surface area contributed by atoms with E-state index < -0.39 is 5.97 Å². The molecule has 5 heteroatoms. The van der Waals surface area contributed by atoms with Crippen molar-refractivity contribution in [3.05, 3.63) is 29.9 Å². The third-order valence-corrected chi connectivity index (χ3v) is 1.59. The van der Waals surface area contributed by atoms with Gasteiger partial charge >= 0.3 is 5.97 Å². The summed E-state index contributed by atoms with van der Waals surface area (Å²) in [6.45, 7) is 0. The van der Waals surface area contributed by atoms with Crippen LogP contribution in [0.3, 0.4) is 0 Å². The van der Waals surface area contributed by atoms with Crippen molar-refractivity contribution in [3.8, 4) is 0 Å². The van der Waals surface area contributed by atoms with E-state index in [1.807, 2.05) is 0 Å². The van der Waals surface area contributed by atoms with Gasteiger partial charge < -0.3 is 4.74 Å². The summed E-state index contributed by atoms with van der Waals surface area (Å²) in [7, 11) is 0. The van der Waals surface area contributed by atoms with Gasteiger partial charge in [0.05, 0.1) is 5.56 Å². The third kappa shape index (κ3) is 1.10. The number of carbonyl (C=O) groups excluding carboxylic acids is 2. The van der Waals surface area contributed by atoms with E-state index >= 15 is 0 Å². The minimum atomic E-state index is -0.550. The van der Waals surface area contributed by atoms with Crippen molar-refractivity contribution in [3.63, 3.8) is 0 Å². The van der Waals surface area contributed by atoms with Crippen LogP contribution in [0.25, 0.3) is 5.76 Å². The number of aldehydes is 1. The van der Waals surface area contributed by atoms with Crippen LogP contribution >= 0.6 is 0 Å². The molecule has 0 unspecified atom stereocenters. The monoisotopic (exact) mass is 176 g/mol. The van der Waals surface area contributed by atoms with Crippen molar-refractivity contribution in [2.45, 2.75) is 0 Å². The summed E-state index contributed by atoms with van der Waals surface area (Å²) in [5.74, 6) is -0.346. The molecular formula is C8H4N2O3. The number of carbonyl (C=O) groups is 2. The van der Waals surface area contributed by atoms with Gasteiger partial charge in [-0.05, 0) is 0 Å². The fourth-order valence-electron chi connectivity index (χ4n) is 1.06. The molecule has 13 heavy (non-hydrogen) atoms. The lowest BCUT2D eigenvalue weighted by atomic mass is 10.2. The van der Waals surface area contributed by atoms with Crippen LogP contribution in [0.15, 0.2) is 18.6 Å². The Kier molecular flexibility index (Phi) is 1.63. The van der Waals surface area contributed by atoms with E-state index in [2.05, 4.69) is 9.97 Å². The van der Waals surface area contributed by atoms with Gasteiger partial charge in [-0.2, -0.15) is 0 Å². The molecule has 2 heterocycles. The second-order valence-corrected chi connectivity index (χ2v) is 2.34. The number of esters is 1. The van der Waals surface area contributed by atoms with Crippen LogP contribution < -0.4 is 0 Å². The van der Waals surface area contributed by atoms with E-state index in [1.165, 1.54) is 12.5 Å². The molecule has 1 aliphatic heterocycles. The predicted molar refractivity (Wildman–Crippen MR) is 41.5 cm³/mol. The lowest BCUT2D eigenvalue weighted by Gasteiger charge is -1.91. The Morgan fingerprint density at radius 2 is 2.31 bits per heavy atom. The minimum Gasteiger partial charge on any atom is -0.421 e. The maximum absolute atomic E-state index is 11.1. The fourth-order valence-corrected chi connectivity index (χ4v) is 1.06. The minimum absolute atomic E-state index is 0.197. The highest BCUT2D eigenvalue weighted by Crippen LogP contribution is 2.26. The number of ether oxygens (including phenoxy) is 1. The van der Waals surface area contributed by atoms with Crippen LogP contribution in [0.5, 0.6) is 0 Å². The first-order valence-corrected chi connectivity index (χ1v) is 3.51. The molecule has 5 nitrogen and oxygen atoms in total. The van der Waals surface area contributed by atoms with Gasteiger partial charge in [-0.1, -0.05) is 0 Å². The number of aromatic nitrogens is 2. The maximum atomic E-state index is 11.1. The molecule has 0 fully saturated rings. The van der Waals surface area contributed by atoms with Crippen LogP contribution in [-0.2, 0) is 9.53 Å². The largest absolute Gasteiger partial charge is 0.421 e. The first-order valence-electron chi connectivity index (χ1n) is 3.51. The first kappa shape index (κ1) is 7.60. The topological polar surface area (TPSA) is 69.2 Å². The molecule has 0 atom stereocenters. The zero-order valence-electron chi connectivity index (χ0n) is 6.43. The maximum Gasteiger partial charge on any atom is 0.363 e. The summed E-state index contributed by atoms with van der Waals surface area (Å²) in [4.78, 5) is 28.7. The third-order valence-electron chi connectivity index (χ3n) is 1.59.